The normalized spacial score (nSPS) is 23.0. The van der Waals surface area contributed by atoms with Gasteiger partial charge in [0, 0.05) is 11.1 Å². The molecule has 1 amide bonds. The monoisotopic (exact) mass is 305 g/mol. The van der Waals surface area contributed by atoms with Gasteiger partial charge in [0.1, 0.15) is 11.8 Å². The number of nitrogens with zero attached hydrogens (tertiary/aromatic N) is 1. The number of Topliss-reactive ketones (excluding diaryl/α,β-unsaturated/α-hetero) is 1. The summed E-state index contributed by atoms with van der Waals surface area (Å²) in [5.74, 6) is -0.257. The van der Waals surface area contributed by atoms with Crippen molar-refractivity contribution in [2.24, 2.45) is 11.3 Å². The Morgan fingerprint density at radius 2 is 1.82 bits per heavy atom. The number of amides is 1. The molecule has 0 bridgehead atoms. The first kappa shape index (κ1) is 16.5. The van der Waals surface area contributed by atoms with Crippen molar-refractivity contribution in [1.29, 1.82) is 0 Å². The van der Waals surface area contributed by atoms with E-state index in [4.69, 9.17) is 4.74 Å². The van der Waals surface area contributed by atoms with E-state index >= 15 is 0 Å². The van der Waals surface area contributed by atoms with Gasteiger partial charge in [0.25, 0.3) is 0 Å². The summed E-state index contributed by atoms with van der Waals surface area (Å²) in [6, 6.07) is 6.37. The van der Waals surface area contributed by atoms with Crippen LogP contribution >= 0.6 is 0 Å². The van der Waals surface area contributed by atoms with Gasteiger partial charge >= 0.3 is 0 Å². The third-order valence-corrected chi connectivity index (χ3v) is 4.02. The zero-order valence-corrected chi connectivity index (χ0v) is 13.7. The van der Waals surface area contributed by atoms with Crippen LogP contribution < -0.4 is 9.64 Å². The zero-order chi connectivity index (χ0) is 16.7. The smallest absolute Gasteiger partial charge is 0.235 e. The van der Waals surface area contributed by atoms with Gasteiger partial charge in [0.05, 0.1) is 19.1 Å². The van der Waals surface area contributed by atoms with E-state index in [0.29, 0.717) is 11.4 Å². The SMILES string of the molecule is COc1ccc(N2C(=O)[C@H]([C@@H](C)O)[C@H]2C(=O)C(C)(C)C)cc1. The highest BCUT2D eigenvalue weighted by molar-refractivity contribution is 6.13. The summed E-state index contributed by atoms with van der Waals surface area (Å²) in [5, 5.41) is 9.85. The molecule has 1 aliphatic rings. The van der Waals surface area contributed by atoms with Crippen LogP contribution in [0.15, 0.2) is 24.3 Å². The molecule has 22 heavy (non-hydrogen) atoms. The second kappa shape index (κ2) is 5.72. The molecule has 2 rings (SSSR count). The highest BCUT2D eigenvalue weighted by Gasteiger charge is 2.55. The molecule has 3 atom stereocenters. The van der Waals surface area contributed by atoms with Gasteiger partial charge in [-0.1, -0.05) is 20.8 Å². The first-order chi connectivity index (χ1) is 10.2. The van der Waals surface area contributed by atoms with Crippen LogP contribution in [0.25, 0.3) is 0 Å². The molecule has 0 unspecified atom stereocenters. The molecule has 1 aromatic rings. The van der Waals surface area contributed by atoms with Gasteiger partial charge in [0.2, 0.25) is 5.91 Å². The van der Waals surface area contributed by atoms with E-state index in [2.05, 4.69) is 0 Å². The number of hydrogen-bond acceptors (Lipinski definition) is 4. The minimum atomic E-state index is -0.849. The van der Waals surface area contributed by atoms with Gasteiger partial charge in [-0.25, -0.2) is 0 Å². The fourth-order valence-corrected chi connectivity index (χ4v) is 2.74. The summed E-state index contributed by atoms with van der Waals surface area (Å²) in [6.07, 6.45) is -0.849. The fourth-order valence-electron chi connectivity index (χ4n) is 2.74. The number of methoxy groups -OCH3 is 1. The Morgan fingerprint density at radius 3 is 2.23 bits per heavy atom. The highest BCUT2D eigenvalue weighted by Crippen LogP contribution is 2.39. The first-order valence-corrected chi connectivity index (χ1v) is 7.38. The van der Waals surface area contributed by atoms with Crippen molar-refractivity contribution in [3.05, 3.63) is 24.3 Å². The van der Waals surface area contributed by atoms with E-state index in [0.717, 1.165) is 0 Å². The Labute approximate surface area is 130 Å². The van der Waals surface area contributed by atoms with Crippen molar-refractivity contribution in [3.63, 3.8) is 0 Å². The molecular formula is C17H23NO4. The molecule has 1 saturated heterocycles. The standard InChI is InChI=1S/C17H23NO4/c1-10(19)13-14(15(20)17(2,3)4)18(16(13)21)11-6-8-12(22-5)9-7-11/h6-10,13-14,19H,1-5H3/t10-,13-,14+/m1/s1. The fraction of sp³-hybridized carbons (Fsp3) is 0.529. The number of ketones is 1. The van der Waals surface area contributed by atoms with Gasteiger partial charge in [-0.15, -0.1) is 0 Å². The Kier molecular flexibility index (Phi) is 4.29. The molecule has 5 heteroatoms. The maximum Gasteiger partial charge on any atom is 0.235 e. The minimum absolute atomic E-state index is 0.0474. The van der Waals surface area contributed by atoms with Gasteiger partial charge in [-0.2, -0.15) is 0 Å². The average molecular weight is 305 g/mol. The lowest BCUT2D eigenvalue weighted by atomic mass is 9.73. The second-order valence-corrected chi connectivity index (χ2v) is 6.73. The topological polar surface area (TPSA) is 66.8 Å². The molecule has 120 valence electrons. The summed E-state index contributed by atoms with van der Waals surface area (Å²) >= 11 is 0. The summed E-state index contributed by atoms with van der Waals surface area (Å²) < 4.78 is 5.10. The quantitative estimate of drug-likeness (QED) is 0.864. The third-order valence-electron chi connectivity index (χ3n) is 4.02. The molecule has 0 spiro atoms. The maximum absolute atomic E-state index is 12.7. The predicted molar refractivity (Wildman–Crippen MR) is 83.9 cm³/mol. The maximum atomic E-state index is 12.7. The van der Waals surface area contributed by atoms with Crippen molar-refractivity contribution in [2.75, 3.05) is 12.0 Å². The Balaban J connectivity index is 2.36. The van der Waals surface area contributed by atoms with Crippen molar-refractivity contribution in [3.8, 4) is 5.75 Å². The van der Waals surface area contributed by atoms with Crippen LogP contribution in [-0.2, 0) is 9.59 Å². The lowest BCUT2D eigenvalue weighted by Gasteiger charge is -2.49. The molecule has 1 heterocycles. The van der Waals surface area contributed by atoms with Gasteiger partial charge in [-0.05, 0) is 31.2 Å². The molecule has 5 nitrogen and oxygen atoms in total. The number of aliphatic hydroxyl groups is 1. The van der Waals surface area contributed by atoms with E-state index < -0.39 is 23.5 Å². The molecule has 0 aromatic heterocycles. The predicted octanol–water partition coefficient (Wildman–Crippen LogP) is 2.02. The van der Waals surface area contributed by atoms with Crippen LogP contribution in [0.4, 0.5) is 5.69 Å². The lowest BCUT2D eigenvalue weighted by Crippen LogP contribution is -2.69. The molecule has 1 fully saturated rings. The van der Waals surface area contributed by atoms with Crippen LogP contribution in [0.1, 0.15) is 27.7 Å². The molecule has 0 aliphatic carbocycles. The summed E-state index contributed by atoms with van der Waals surface area (Å²) in [7, 11) is 1.57. The number of carbonyl (C=O) groups excluding carboxylic acids is 2. The highest BCUT2D eigenvalue weighted by atomic mass is 16.5. The largest absolute Gasteiger partial charge is 0.497 e. The van der Waals surface area contributed by atoms with Crippen LogP contribution in [0.2, 0.25) is 0 Å². The van der Waals surface area contributed by atoms with Crippen molar-refractivity contribution in [1.82, 2.24) is 0 Å². The number of aliphatic hydroxyl groups excluding tert-OH is 1. The summed E-state index contributed by atoms with van der Waals surface area (Å²) in [5.41, 5.74) is 0.0637. The zero-order valence-electron chi connectivity index (χ0n) is 13.7. The van der Waals surface area contributed by atoms with Gasteiger partial charge in [-0.3, -0.25) is 9.59 Å². The molecule has 1 aliphatic heterocycles. The molecule has 1 aromatic carbocycles. The van der Waals surface area contributed by atoms with E-state index in [9.17, 15) is 14.7 Å². The number of ether oxygens (including phenoxy) is 1. The van der Waals surface area contributed by atoms with Gasteiger partial charge < -0.3 is 14.7 Å². The van der Waals surface area contributed by atoms with Crippen LogP contribution in [0, 0.1) is 11.3 Å². The average Bonchev–Trinajstić information content (AvgIpc) is 2.43. The van der Waals surface area contributed by atoms with Crippen LogP contribution in [0.3, 0.4) is 0 Å². The second-order valence-electron chi connectivity index (χ2n) is 6.73. The van der Waals surface area contributed by atoms with E-state index in [1.807, 2.05) is 20.8 Å². The number of hydrogen-bond donors (Lipinski definition) is 1. The number of benzene rings is 1. The number of rotatable bonds is 4. The molecule has 0 radical (unpaired) electrons. The number of β-lactam (4-membered cyclic amide) rings is 1. The Hall–Kier alpha value is -1.88. The lowest BCUT2D eigenvalue weighted by molar-refractivity contribution is -0.145. The van der Waals surface area contributed by atoms with E-state index in [-0.39, 0.29) is 11.7 Å². The Morgan fingerprint density at radius 1 is 1.27 bits per heavy atom. The van der Waals surface area contributed by atoms with Crippen molar-refractivity contribution in [2.45, 2.75) is 39.8 Å². The van der Waals surface area contributed by atoms with Crippen molar-refractivity contribution < 1.29 is 19.4 Å². The first-order valence-electron chi connectivity index (χ1n) is 7.38. The summed E-state index contributed by atoms with van der Waals surface area (Å²) in [6.45, 7) is 7.02. The van der Waals surface area contributed by atoms with Gasteiger partial charge in [0.15, 0.2) is 5.78 Å². The molecular weight excluding hydrogens is 282 g/mol. The third kappa shape index (κ3) is 2.73. The van der Waals surface area contributed by atoms with Crippen LogP contribution in [0.5, 0.6) is 5.75 Å². The molecule has 1 N–H and O–H groups in total. The van der Waals surface area contributed by atoms with Crippen LogP contribution in [-0.4, -0.2) is 36.1 Å². The number of anilines is 1. The van der Waals surface area contributed by atoms with Crippen molar-refractivity contribution >= 4 is 17.4 Å². The van der Waals surface area contributed by atoms with E-state index in [1.165, 1.54) is 4.90 Å². The minimum Gasteiger partial charge on any atom is -0.497 e. The molecule has 0 saturated carbocycles. The number of carbonyl (C=O) groups is 2. The van der Waals surface area contributed by atoms with E-state index in [1.54, 1.807) is 38.3 Å². The Bertz CT molecular complexity index is 571. The summed E-state index contributed by atoms with van der Waals surface area (Å²) in [4.78, 5) is 26.5.